The monoisotopic (exact) mass is 214 g/mol. The summed E-state index contributed by atoms with van der Waals surface area (Å²) >= 11 is 0. The second-order valence-corrected chi connectivity index (χ2v) is 4.57. The van der Waals surface area contributed by atoms with Crippen LogP contribution in [0.3, 0.4) is 0 Å². The van der Waals surface area contributed by atoms with Gasteiger partial charge in [-0.05, 0) is 12.1 Å². The highest BCUT2D eigenvalue weighted by Gasteiger charge is 1.97. The Morgan fingerprint density at radius 2 is 2.29 bits per heavy atom. The summed E-state index contributed by atoms with van der Waals surface area (Å²) in [6.07, 6.45) is 0. The summed E-state index contributed by atoms with van der Waals surface area (Å²) in [5, 5.41) is 10.5. The van der Waals surface area contributed by atoms with Gasteiger partial charge in [-0.25, -0.2) is 0 Å². The average molecular weight is 214 g/mol. The van der Waals surface area contributed by atoms with Crippen LogP contribution in [0.15, 0.2) is 12.1 Å². The van der Waals surface area contributed by atoms with Crippen LogP contribution in [0.4, 0.5) is 11.6 Å². The second-order valence-electron chi connectivity index (χ2n) is 2.70. The van der Waals surface area contributed by atoms with Crippen LogP contribution in [0.1, 0.15) is 6.92 Å². The molecule has 14 heavy (non-hydrogen) atoms. The van der Waals surface area contributed by atoms with Crippen molar-refractivity contribution in [2.45, 2.75) is 6.92 Å². The summed E-state index contributed by atoms with van der Waals surface area (Å²) in [4.78, 5) is 0. The number of anilines is 2. The Morgan fingerprint density at radius 1 is 1.50 bits per heavy atom. The van der Waals surface area contributed by atoms with Gasteiger partial charge in [0.25, 0.3) is 0 Å². The standard InChI is InChI=1S/C8H14N4OS/c1-2-14(13)6-5-10-8-4-3-7(9)11-12-8/h3-4H,2,5-6H2,1H3,(H2,9,11)(H,10,12). The van der Waals surface area contributed by atoms with E-state index in [4.69, 9.17) is 5.73 Å². The molecule has 1 heterocycles. The summed E-state index contributed by atoms with van der Waals surface area (Å²) in [6.45, 7) is 2.54. The molecule has 1 rings (SSSR count). The fourth-order valence-corrected chi connectivity index (χ4v) is 1.49. The molecule has 1 unspecified atom stereocenters. The Morgan fingerprint density at radius 3 is 2.86 bits per heavy atom. The van der Waals surface area contributed by atoms with Crippen LogP contribution in [-0.4, -0.2) is 32.5 Å². The van der Waals surface area contributed by atoms with E-state index in [0.29, 0.717) is 29.7 Å². The first-order chi connectivity index (χ1) is 6.72. The fourth-order valence-electron chi connectivity index (χ4n) is 0.874. The van der Waals surface area contributed by atoms with Gasteiger partial charge in [-0.2, -0.15) is 0 Å². The van der Waals surface area contributed by atoms with Gasteiger partial charge in [0.15, 0.2) is 0 Å². The molecule has 1 atom stereocenters. The molecule has 0 amide bonds. The van der Waals surface area contributed by atoms with Gasteiger partial charge in [0.05, 0.1) is 0 Å². The zero-order valence-corrected chi connectivity index (χ0v) is 8.88. The summed E-state index contributed by atoms with van der Waals surface area (Å²) in [5.74, 6) is 2.37. The zero-order chi connectivity index (χ0) is 10.4. The van der Waals surface area contributed by atoms with Crippen LogP contribution >= 0.6 is 0 Å². The van der Waals surface area contributed by atoms with Crippen molar-refractivity contribution in [3.05, 3.63) is 12.1 Å². The summed E-state index contributed by atoms with van der Waals surface area (Å²) < 4.78 is 11.1. The molecule has 0 saturated heterocycles. The molecule has 0 spiro atoms. The number of nitrogen functional groups attached to an aromatic ring is 1. The molecule has 6 heteroatoms. The van der Waals surface area contributed by atoms with Gasteiger partial charge in [-0.3, -0.25) is 4.21 Å². The van der Waals surface area contributed by atoms with E-state index in [1.807, 2.05) is 6.92 Å². The summed E-state index contributed by atoms with van der Waals surface area (Å²) in [7, 11) is -0.740. The quantitative estimate of drug-likeness (QED) is 0.733. The molecule has 0 aliphatic rings. The Kier molecular flexibility index (Phi) is 4.31. The maximum atomic E-state index is 11.1. The van der Waals surface area contributed by atoms with Crippen molar-refractivity contribution < 1.29 is 4.21 Å². The molecular formula is C8H14N4OS. The van der Waals surface area contributed by atoms with Crippen LogP contribution in [0, 0.1) is 0 Å². The van der Waals surface area contributed by atoms with Crippen LogP contribution in [0.2, 0.25) is 0 Å². The van der Waals surface area contributed by atoms with Crippen LogP contribution in [0.25, 0.3) is 0 Å². The Labute approximate surface area is 85.6 Å². The van der Waals surface area contributed by atoms with E-state index in [2.05, 4.69) is 15.5 Å². The van der Waals surface area contributed by atoms with Gasteiger partial charge in [0.1, 0.15) is 11.6 Å². The van der Waals surface area contributed by atoms with Crippen molar-refractivity contribution in [1.29, 1.82) is 0 Å². The maximum Gasteiger partial charge on any atom is 0.148 e. The van der Waals surface area contributed by atoms with Gasteiger partial charge < -0.3 is 11.1 Å². The fraction of sp³-hybridized carbons (Fsp3) is 0.500. The van der Waals surface area contributed by atoms with E-state index >= 15 is 0 Å². The first-order valence-corrected chi connectivity index (χ1v) is 5.89. The molecular weight excluding hydrogens is 200 g/mol. The number of nitrogens with zero attached hydrogens (tertiary/aromatic N) is 2. The topological polar surface area (TPSA) is 80.9 Å². The van der Waals surface area contributed by atoms with Crippen molar-refractivity contribution in [3.63, 3.8) is 0 Å². The van der Waals surface area contributed by atoms with Crippen molar-refractivity contribution >= 4 is 22.4 Å². The SMILES string of the molecule is CCS(=O)CCNc1ccc(N)nn1. The molecule has 78 valence electrons. The highest BCUT2D eigenvalue weighted by Crippen LogP contribution is 2.01. The predicted molar refractivity (Wildman–Crippen MR) is 58.5 cm³/mol. The number of rotatable bonds is 5. The number of aromatic nitrogens is 2. The normalized spacial score (nSPS) is 12.4. The van der Waals surface area contributed by atoms with Gasteiger partial charge in [-0.1, -0.05) is 6.92 Å². The third-order valence-electron chi connectivity index (χ3n) is 1.64. The number of hydrogen-bond donors (Lipinski definition) is 2. The van der Waals surface area contributed by atoms with Crippen LogP contribution < -0.4 is 11.1 Å². The molecule has 0 radical (unpaired) electrons. The second kappa shape index (κ2) is 5.54. The molecule has 5 nitrogen and oxygen atoms in total. The van der Waals surface area contributed by atoms with Gasteiger partial charge in [0.2, 0.25) is 0 Å². The number of hydrogen-bond acceptors (Lipinski definition) is 5. The lowest BCUT2D eigenvalue weighted by Gasteiger charge is -2.03. The van der Waals surface area contributed by atoms with Crippen LogP contribution in [-0.2, 0) is 10.8 Å². The molecule has 0 fully saturated rings. The largest absolute Gasteiger partial charge is 0.382 e. The van der Waals surface area contributed by atoms with E-state index in [1.54, 1.807) is 12.1 Å². The van der Waals surface area contributed by atoms with E-state index < -0.39 is 10.8 Å². The minimum atomic E-state index is -0.740. The smallest absolute Gasteiger partial charge is 0.148 e. The van der Waals surface area contributed by atoms with Crippen molar-refractivity contribution in [2.24, 2.45) is 0 Å². The Bertz CT molecular complexity index is 301. The summed E-state index contributed by atoms with van der Waals surface area (Å²) in [5.41, 5.74) is 5.38. The Balaban J connectivity index is 2.31. The molecule has 3 N–H and O–H groups in total. The lowest BCUT2D eigenvalue weighted by Crippen LogP contribution is -2.13. The molecule has 1 aromatic heterocycles. The predicted octanol–water partition coefficient (Wildman–Crippen LogP) is 0.239. The molecule has 0 aliphatic carbocycles. The highest BCUT2D eigenvalue weighted by atomic mass is 32.2. The van der Waals surface area contributed by atoms with E-state index in [9.17, 15) is 4.21 Å². The highest BCUT2D eigenvalue weighted by molar-refractivity contribution is 7.84. The van der Waals surface area contributed by atoms with Crippen molar-refractivity contribution in [1.82, 2.24) is 10.2 Å². The average Bonchev–Trinajstić information content (AvgIpc) is 2.21. The molecule has 0 saturated carbocycles. The van der Waals surface area contributed by atoms with Crippen LogP contribution in [0.5, 0.6) is 0 Å². The summed E-state index contributed by atoms with van der Waals surface area (Å²) in [6, 6.07) is 3.42. The minimum Gasteiger partial charge on any atom is -0.382 e. The zero-order valence-electron chi connectivity index (χ0n) is 8.06. The van der Waals surface area contributed by atoms with Gasteiger partial charge in [-0.15, -0.1) is 10.2 Å². The van der Waals surface area contributed by atoms with E-state index in [-0.39, 0.29) is 0 Å². The molecule has 0 bridgehead atoms. The minimum absolute atomic E-state index is 0.396. The van der Waals surface area contributed by atoms with E-state index in [0.717, 1.165) is 0 Å². The lowest BCUT2D eigenvalue weighted by atomic mass is 10.5. The Hall–Kier alpha value is -1.17. The van der Waals surface area contributed by atoms with Crippen molar-refractivity contribution in [2.75, 3.05) is 29.1 Å². The first-order valence-electron chi connectivity index (χ1n) is 4.40. The molecule has 1 aromatic rings. The maximum absolute atomic E-state index is 11.1. The number of nitrogens with one attached hydrogen (secondary N) is 1. The van der Waals surface area contributed by atoms with Gasteiger partial charge in [0, 0.05) is 28.9 Å². The van der Waals surface area contributed by atoms with Crippen molar-refractivity contribution in [3.8, 4) is 0 Å². The molecule has 0 aliphatic heterocycles. The third-order valence-corrected chi connectivity index (χ3v) is 2.95. The first kappa shape index (κ1) is 10.9. The van der Waals surface area contributed by atoms with Gasteiger partial charge >= 0.3 is 0 Å². The third kappa shape index (κ3) is 3.69. The lowest BCUT2D eigenvalue weighted by molar-refractivity contribution is 0.684. The molecule has 0 aromatic carbocycles. The van der Waals surface area contributed by atoms with E-state index in [1.165, 1.54) is 0 Å². The number of nitrogens with two attached hydrogens (primary N) is 1.